The Morgan fingerprint density at radius 3 is 2.38 bits per heavy atom. The van der Waals surface area contributed by atoms with Crippen molar-refractivity contribution >= 4 is 5.91 Å². The van der Waals surface area contributed by atoms with Gasteiger partial charge >= 0.3 is 6.18 Å². The van der Waals surface area contributed by atoms with Crippen molar-refractivity contribution in [3.8, 4) is 0 Å². The van der Waals surface area contributed by atoms with Crippen molar-refractivity contribution in [2.24, 2.45) is 11.8 Å². The molecule has 0 spiro atoms. The van der Waals surface area contributed by atoms with E-state index in [2.05, 4.69) is 9.97 Å². The van der Waals surface area contributed by atoms with E-state index in [9.17, 15) is 18.0 Å². The number of amides is 1. The fraction of sp³-hybridized carbons (Fsp3) is 0.421. The molecule has 1 aliphatic carbocycles. The molecular weight excluding hydrogens is 343 g/mol. The van der Waals surface area contributed by atoms with Gasteiger partial charge in [-0.15, -0.1) is 0 Å². The zero-order valence-electron chi connectivity index (χ0n) is 14.0. The summed E-state index contributed by atoms with van der Waals surface area (Å²) in [6, 6.07) is 5.86. The molecule has 1 saturated heterocycles. The summed E-state index contributed by atoms with van der Waals surface area (Å²) < 4.78 is 39.8. The van der Waals surface area contributed by atoms with Crippen molar-refractivity contribution < 1.29 is 18.0 Å². The Labute approximate surface area is 149 Å². The second kappa shape index (κ2) is 6.37. The lowest BCUT2D eigenvalue weighted by molar-refractivity contribution is -0.138. The highest BCUT2D eigenvalue weighted by molar-refractivity contribution is 5.92. The molecule has 1 saturated carbocycles. The summed E-state index contributed by atoms with van der Waals surface area (Å²) in [6.07, 6.45) is 1.47. The van der Waals surface area contributed by atoms with Crippen LogP contribution in [0.2, 0.25) is 0 Å². The van der Waals surface area contributed by atoms with Crippen LogP contribution in [0.4, 0.5) is 13.2 Å². The first-order valence-electron chi connectivity index (χ1n) is 8.65. The average molecular weight is 361 g/mol. The van der Waals surface area contributed by atoms with Crippen molar-refractivity contribution in [3.05, 3.63) is 59.7 Å². The number of carbonyl (C=O) groups is 1. The van der Waals surface area contributed by atoms with Crippen LogP contribution >= 0.6 is 0 Å². The Balaban J connectivity index is 1.47. The number of nitrogens with zero attached hydrogens (tertiary/aromatic N) is 3. The van der Waals surface area contributed by atoms with Crippen molar-refractivity contribution in [3.63, 3.8) is 0 Å². The van der Waals surface area contributed by atoms with Crippen LogP contribution in [0.3, 0.4) is 0 Å². The third kappa shape index (κ3) is 3.06. The Bertz CT molecular complexity index is 795. The molecule has 1 aromatic heterocycles. The summed E-state index contributed by atoms with van der Waals surface area (Å²) in [4.78, 5) is 22.2. The predicted octanol–water partition coefficient (Wildman–Crippen LogP) is 3.76. The Kier molecular flexibility index (Phi) is 4.17. The first-order valence-corrected chi connectivity index (χ1v) is 8.65. The molecule has 0 bridgehead atoms. The van der Waals surface area contributed by atoms with Crippen LogP contribution in [0.5, 0.6) is 0 Å². The van der Waals surface area contributed by atoms with E-state index >= 15 is 0 Å². The van der Waals surface area contributed by atoms with E-state index in [0.29, 0.717) is 37.2 Å². The molecule has 1 aromatic carbocycles. The van der Waals surface area contributed by atoms with Crippen LogP contribution in [0.15, 0.2) is 42.9 Å². The van der Waals surface area contributed by atoms with Gasteiger partial charge in [-0.25, -0.2) is 4.98 Å². The molecule has 0 radical (unpaired) electrons. The highest BCUT2D eigenvalue weighted by Crippen LogP contribution is 2.48. The largest absolute Gasteiger partial charge is 0.416 e. The predicted molar refractivity (Wildman–Crippen MR) is 88.3 cm³/mol. The number of aromatic nitrogens is 2. The molecule has 2 aliphatic rings. The number of hydrogen-bond donors (Lipinski definition) is 0. The Hall–Kier alpha value is -2.44. The van der Waals surface area contributed by atoms with Gasteiger partial charge in [0.15, 0.2) is 0 Å². The molecular formula is C19H18F3N3O. The van der Waals surface area contributed by atoms with E-state index < -0.39 is 11.7 Å². The number of rotatable bonds is 2. The van der Waals surface area contributed by atoms with Gasteiger partial charge in [0, 0.05) is 25.5 Å². The van der Waals surface area contributed by atoms with Crippen LogP contribution in [-0.4, -0.2) is 33.9 Å². The molecule has 2 atom stereocenters. The van der Waals surface area contributed by atoms with Gasteiger partial charge in [0.05, 0.1) is 11.8 Å². The highest BCUT2D eigenvalue weighted by atomic mass is 19.4. The fourth-order valence-corrected chi connectivity index (χ4v) is 4.40. The lowest BCUT2D eigenvalue weighted by Crippen LogP contribution is -2.30. The van der Waals surface area contributed by atoms with Crippen LogP contribution < -0.4 is 0 Å². The minimum atomic E-state index is -4.33. The van der Waals surface area contributed by atoms with Crippen molar-refractivity contribution in [2.75, 3.05) is 13.1 Å². The van der Waals surface area contributed by atoms with E-state index in [0.717, 1.165) is 6.07 Å². The van der Waals surface area contributed by atoms with E-state index in [1.807, 2.05) is 0 Å². The summed E-state index contributed by atoms with van der Waals surface area (Å²) in [5.74, 6) is 0.222. The molecule has 0 N–H and O–H groups in total. The molecule has 2 fully saturated rings. The molecule has 4 nitrogen and oxygen atoms in total. The number of benzene rings is 1. The van der Waals surface area contributed by atoms with Crippen molar-refractivity contribution in [1.82, 2.24) is 14.9 Å². The lowest BCUT2D eigenvalue weighted by atomic mass is 9.91. The molecule has 26 heavy (non-hydrogen) atoms. The first kappa shape index (κ1) is 17.0. The number of fused-ring (bicyclic) bond motifs is 1. The maximum atomic E-state index is 13.3. The number of hydrogen-bond acceptors (Lipinski definition) is 3. The van der Waals surface area contributed by atoms with E-state index in [4.69, 9.17) is 0 Å². The van der Waals surface area contributed by atoms with Crippen LogP contribution in [0.1, 0.15) is 40.4 Å². The van der Waals surface area contributed by atoms with Crippen LogP contribution in [0, 0.1) is 11.8 Å². The topological polar surface area (TPSA) is 46.1 Å². The molecule has 1 aliphatic heterocycles. The van der Waals surface area contributed by atoms with Gasteiger partial charge in [0.25, 0.3) is 5.91 Å². The average Bonchev–Trinajstić information content (AvgIpc) is 3.20. The Morgan fingerprint density at radius 1 is 1.08 bits per heavy atom. The maximum absolute atomic E-state index is 13.3. The second-order valence-corrected chi connectivity index (χ2v) is 7.07. The van der Waals surface area contributed by atoms with Gasteiger partial charge in [-0.05, 0) is 42.2 Å². The van der Waals surface area contributed by atoms with E-state index in [1.165, 1.54) is 24.7 Å². The third-order valence-electron chi connectivity index (χ3n) is 5.53. The molecule has 1 amide bonds. The summed E-state index contributed by atoms with van der Waals surface area (Å²) >= 11 is 0. The Morgan fingerprint density at radius 2 is 1.77 bits per heavy atom. The standard InChI is InChI=1S/C19H18F3N3O/c20-19(21,22)16-4-2-1-3-15(16)12-7-13-10-25(11-14(13)8-12)18(26)17-9-23-5-6-24-17/h1-6,9,12-14H,7-8,10-11H2. The zero-order chi connectivity index (χ0) is 18.3. The maximum Gasteiger partial charge on any atom is 0.416 e. The van der Waals surface area contributed by atoms with Gasteiger partial charge in [-0.3, -0.25) is 9.78 Å². The molecule has 7 heteroatoms. The number of likely N-dealkylation sites (tertiary alicyclic amines) is 1. The minimum absolute atomic E-state index is 0.100. The lowest BCUT2D eigenvalue weighted by Gasteiger charge is -2.21. The van der Waals surface area contributed by atoms with Gasteiger partial charge in [0.1, 0.15) is 5.69 Å². The van der Waals surface area contributed by atoms with Gasteiger partial charge < -0.3 is 4.90 Å². The number of halogens is 3. The fourth-order valence-electron chi connectivity index (χ4n) is 4.40. The zero-order valence-corrected chi connectivity index (χ0v) is 14.0. The second-order valence-electron chi connectivity index (χ2n) is 7.07. The summed E-state index contributed by atoms with van der Waals surface area (Å²) in [5.41, 5.74) is 0.171. The SMILES string of the molecule is O=C(c1cnccn1)N1CC2CC(c3ccccc3C(F)(F)F)CC2C1. The molecule has 136 valence electrons. The summed E-state index contributed by atoms with van der Waals surface area (Å²) in [6.45, 7) is 1.15. The normalized spacial score (nSPS) is 25.3. The third-order valence-corrected chi connectivity index (χ3v) is 5.53. The van der Waals surface area contributed by atoms with Gasteiger partial charge in [-0.2, -0.15) is 13.2 Å². The van der Waals surface area contributed by atoms with Crippen LogP contribution in [-0.2, 0) is 6.18 Å². The quantitative estimate of drug-likeness (QED) is 0.818. The van der Waals surface area contributed by atoms with E-state index in [1.54, 1.807) is 17.0 Å². The molecule has 2 heterocycles. The molecule has 2 aromatic rings. The minimum Gasteiger partial charge on any atom is -0.337 e. The summed E-state index contributed by atoms with van der Waals surface area (Å²) in [5, 5.41) is 0. The first-order chi connectivity index (χ1) is 12.4. The monoisotopic (exact) mass is 361 g/mol. The highest BCUT2D eigenvalue weighted by Gasteiger charge is 2.45. The van der Waals surface area contributed by atoms with Crippen molar-refractivity contribution in [1.29, 1.82) is 0 Å². The van der Waals surface area contributed by atoms with Gasteiger partial charge in [-0.1, -0.05) is 18.2 Å². The van der Waals surface area contributed by atoms with Gasteiger partial charge in [0.2, 0.25) is 0 Å². The number of alkyl halides is 3. The smallest absolute Gasteiger partial charge is 0.337 e. The van der Waals surface area contributed by atoms with Crippen LogP contribution in [0.25, 0.3) is 0 Å². The van der Waals surface area contributed by atoms with E-state index in [-0.39, 0.29) is 23.7 Å². The number of carbonyl (C=O) groups excluding carboxylic acids is 1. The molecule has 2 unspecified atom stereocenters. The molecule has 4 rings (SSSR count). The summed E-state index contributed by atoms with van der Waals surface area (Å²) in [7, 11) is 0. The van der Waals surface area contributed by atoms with Crippen molar-refractivity contribution in [2.45, 2.75) is 24.9 Å².